The zero-order valence-electron chi connectivity index (χ0n) is 45.8. The van der Waals surface area contributed by atoms with Gasteiger partial charge >= 0.3 is 0 Å². The molecule has 79 heavy (non-hydrogen) atoms. The van der Waals surface area contributed by atoms with Crippen LogP contribution in [0.5, 0.6) is 5.75 Å². The summed E-state index contributed by atoms with van der Waals surface area (Å²) in [5, 5.41) is 39.9. The summed E-state index contributed by atoms with van der Waals surface area (Å²) >= 11 is 0. The van der Waals surface area contributed by atoms with Gasteiger partial charge in [0.2, 0.25) is 5.91 Å². The summed E-state index contributed by atoms with van der Waals surface area (Å²) in [6.07, 6.45) is 5.19. The molecule has 23 heteroatoms. The maximum atomic E-state index is 14.5. The number of likely N-dealkylation sites (tertiary alicyclic amines) is 2. The van der Waals surface area contributed by atoms with Gasteiger partial charge in [-0.15, -0.1) is 0 Å². The maximum absolute atomic E-state index is 14.5. The number of carbonyl (C=O) groups is 1. The minimum absolute atomic E-state index is 0.136. The van der Waals surface area contributed by atoms with E-state index in [4.69, 9.17) is 47.4 Å². The van der Waals surface area contributed by atoms with E-state index in [9.17, 15) is 34.5 Å². The molecule has 3 aliphatic heterocycles. The zero-order valence-corrected chi connectivity index (χ0v) is 45.8. The van der Waals surface area contributed by atoms with E-state index in [2.05, 4.69) is 47.6 Å². The molecule has 0 unspecified atom stereocenters. The molecule has 3 aromatic carbocycles. The number of carbonyl (C=O) groups excluding carboxylic acids is 1. The van der Waals surface area contributed by atoms with Crippen molar-refractivity contribution in [2.75, 3.05) is 182 Å². The standard InChI is InChI=1S/C56H81FN6O16/c1-43-3-6-50-52(35-43)59-42-56(50)11-15-60(40-44(56)2)41-54(64)46-9-13-61(14-10-46)55(65)8-4-45-36-47(57)38-49(37-45)79-34-33-78-32-31-77-30-29-76-28-27-75-26-25-74-24-23-73-22-21-72-20-19-71-18-17-70-16-12-58-51-7-5-48(62(66)67)39-53(51)63(68)69/h3-8,35-39,44,46,54,58-59,64H,9-34,40-42H2,1-2H3/b8-4+/t44-,54-,56+/m1/s1. The predicted molar refractivity (Wildman–Crippen MR) is 293 cm³/mol. The molecule has 0 saturated carbocycles. The fraction of sp³-hybridized carbons (Fsp3) is 0.625. The van der Waals surface area contributed by atoms with Crippen molar-refractivity contribution in [2.45, 2.75) is 44.6 Å². The van der Waals surface area contributed by atoms with Gasteiger partial charge in [0.25, 0.3) is 11.4 Å². The number of aliphatic hydroxyl groups is 1. The van der Waals surface area contributed by atoms with E-state index < -0.39 is 21.8 Å². The van der Waals surface area contributed by atoms with Crippen molar-refractivity contribution in [1.29, 1.82) is 0 Å². The van der Waals surface area contributed by atoms with Crippen LogP contribution in [0.15, 0.2) is 60.7 Å². The number of hydrogen-bond acceptors (Lipinski definition) is 19. The Morgan fingerprint density at radius 1 is 0.747 bits per heavy atom. The second kappa shape index (κ2) is 34.6. The van der Waals surface area contributed by atoms with Crippen LogP contribution in [0, 0.1) is 44.8 Å². The molecule has 3 atom stereocenters. The molecule has 1 amide bonds. The van der Waals surface area contributed by atoms with Crippen molar-refractivity contribution >= 4 is 34.7 Å². The Morgan fingerprint density at radius 3 is 1.85 bits per heavy atom. The van der Waals surface area contributed by atoms with Crippen molar-refractivity contribution in [1.82, 2.24) is 9.80 Å². The number of benzene rings is 3. The van der Waals surface area contributed by atoms with E-state index in [1.807, 2.05) is 0 Å². The summed E-state index contributed by atoms with van der Waals surface area (Å²) in [5.74, 6) is 0.342. The molecular formula is C56H81FN6O16. The van der Waals surface area contributed by atoms with Crippen LogP contribution in [-0.4, -0.2) is 208 Å². The number of non-ortho nitro benzene ring substituents is 1. The second-order valence-electron chi connectivity index (χ2n) is 19.8. The molecule has 438 valence electrons. The van der Waals surface area contributed by atoms with Crippen LogP contribution in [-0.2, 0) is 52.8 Å². The number of fused-ring (bicyclic) bond motifs is 2. The Kier molecular flexibility index (Phi) is 27.5. The summed E-state index contributed by atoms with van der Waals surface area (Å²) in [6.45, 7) is 16.6. The lowest BCUT2D eigenvalue weighted by Gasteiger charge is -2.46. The highest BCUT2D eigenvalue weighted by Gasteiger charge is 2.46. The van der Waals surface area contributed by atoms with E-state index in [1.165, 1.54) is 47.2 Å². The Morgan fingerprint density at radius 2 is 1.30 bits per heavy atom. The lowest BCUT2D eigenvalue weighted by atomic mass is 9.67. The van der Waals surface area contributed by atoms with Gasteiger partial charge in [0.1, 0.15) is 23.9 Å². The molecule has 3 N–H and O–H groups in total. The third-order valence-electron chi connectivity index (χ3n) is 14.2. The van der Waals surface area contributed by atoms with E-state index in [0.717, 1.165) is 45.0 Å². The highest BCUT2D eigenvalue weighted by Crippen LogP contribution is 2.47. The molecule has 0 aliphatic carbocycles. The average molecular weight is 1110 g/mol. The number of nitro benzene ring substituents is 2. The molecule has 2 saturated heterocycles. The molecule has 0 bridgehead atoms. The van der Waals surface area contributed by atoms with Gasteiger partial charge in [-0.1, -0.05) is 19.1 Å². The Labute approximate surface area is 462 Å². The van der Waals surface area contributed by atoms with E-state index >= 15 is 0 Å². The second-order valence-corrected chi connectivity index (χ2v) is 19.8. The molecule has 3 aromatic rings. The SMILES string of the molecule is Cc1ccc2c(c1)NC[C@]21CCN(C[C@@H](O)C2CCN(C(=O)/C=C/c3cc(F)cc(OCCOCCOCCOCCOCCOCCOCCOCCOCCOCCNc4ccc([N+](=O)[O-])cc4[N+](=O)[O-])c3)CC2)C[C@H]1C. The number of nitrogens with one attached hydrogen (secondary N) is 2. The minimum Gasteiger partial charge on any atom is -0.491 e. The fourth-order valence-electron chi connectivity index (χ4n) is 9.90. The first kappa shape index (κ1) is 62.8. The Balaban J connectivity index is 0.662. The predicted octanol–water partition coefficient (Wildman–Crippen LogP) is 5.91. The third-order valence-corrected chi connectivity index (χ3v) is 14.2. The summed E-state index contributed by atoms with van der Waals surface area (Å²) in [5.41, 5.74) is 4.08. The summed E-state index contributed by atoms with van der Waals surface area (Å²) < 4.78 is 69.8. The lowest BCUT2D eigenvalue weighted by Crippen LogP contribution is -2.52. The number of halogens is 1. The number of nitro groups is 2. The highest BCUT2D eigenvalue weighted by atomic mass is 19.1. The van der Waals surface area contributed by atoms with Crippen LogP contribution in [0.1, 0.15) is 42.9 Å². The molecule has 0 aromatic heterocycles. The first-order chi connectivity index (χ1) is 38.4. The smallest absolute Gasteiger partial charge is 0.299 e. The van der Waals surface area contributed by atoms with Gasteiger partial charge in [0.05, 0.1) is 141 Å². The number of aryl methyl sites for hydroxylation is 1. The van der Waals surface area contributed by atoms with Crippen LogP contribution in [0.25, 0.3) is 6.08 Å². The van der Waals surface area contributed by atoms with Crippen molar-refractivity contribution in [3.05, 3.63) is 103 Å². The molecule has 3 aliphatic rings. The summed E-state index contributed by atoms with van der Waals surface area (Å²) in [7, 11) is 0. The molecular weight excluding hydrogens is 1030 g/mol. The van der Waals surface area contributed by atoms with Gasteiger partial charge in [-0.2, -0.15) is 0 Å². The number of nitrogens with zero attached hydrogens (tertiary/aromatic N) is 4. The molecule has 22 nitrogen and oxygen atoms in total. The van der Waals surface area contributed by atoms with E-state index in [-0.39, 0.29) is 60.7 Å². The number of β-amino-alcohol motifs (C(OH)–C–C–N with tert-alkyl or cyclic N) is 1. The normalized spacial score (nSPS) is 18.0. The highest BCUT2D eigenvalue weighted by molar-refractivity contribution is 5.91. The number of piperidine rings is 2. The van der Waals surface area contributed by atoms with E-state index in [0.29, 0.717) is 143 Å². The van der Waals surface area contributed by atoms with Crippen molar-refractivity contribution in [2.24, 2.45) is 11.8 Å². The van der Waals surface area contributed by atoms with Gasteiger partial charge in [-0.3, -0.25) is 25.0 Å². The number of rotatable bonds is 39. The van der Waals surface area contributed by atoms with E-state index in [1.54, 1.807) is 17.0 Å². The number of aliphatic hydroxyl groups excluding tert-OH is 1. The first-order valence-corrected chi connectivity index (χ1v) is 27.4. The molecule has 3 heterocycles. The molecule has 2 fully saturated rings. The number of anilines is 2. The van der Waals surface area contributed by atoms with Gasteiger partial charge in [0, 0.05) is 68.6 Å². The van der Waals surface area contributed by atoms with Crippen LogP contribution in [0.2, 0.25) is 0 Å². The quantitative estimate of drug-likeness (QED) is 0.0260. The van der Waals surface area contributed by atoms with Gasteiger partial charge in [-0.05, 0) is 91.6 Å². The molecule has 1 spiro atoms. The molecule has 0 radical (unpaired) electrons. The van der Waals surface area contributed by atoms with Crippen molar-refractivity contribution < 1.29 is 71.5 Å². The van der Waals surface area contributed by atoms with Crippen molar-refractivity contribution in [3.63, 3.8) is 0 Å². The summed E-state index contributed by atoms with van der Waals surface area (Å²) in [6, 6.07) is 14.5. The topological polar surface area (TPSA) is 246 Å². The Hall–Kier alpha value is -5.44. The average Bonchev–Trinajstić information content (AvgIpc) is 3.97. The largest absolute Gasteiger partial charge is 0.491 e. The molecule has 6 rings (SSSR count). The van der Waals surface area contributed by atoms with Gasteiger partial charge < -0.3 is 72.9 Å². The maximum Gasteiger partial charge on any atom is 0.299 e. The fourth-order valence-corrected chi connectivity index (χ4v) is 9.90. The summed E-state index contributed by atoms with van der Waals surface area (Å²) in [4.78, 5) is 38.0. The lowest BCUT2D eigenvalue weighted by molar-refractivity contribution is -0.393. The monoisotopic (exact) mass is 1110 g/mol. The minimum atomic E-state index is -0.685. The van der Waals surface area contributed by atoms with Crippen molar-refractivity contribution in [3.8, 4) is 5.75 Å². The van der Waals surface area contributed by atoms with Crippen LogP contribution >= 0.6 is 0 Å². The number of hydrogen-bond donors (Lipinski definition) is 3. The van der Waals surface area contributed by atoms with Crippen LogP contribution < -0.4 is 15.4 Å². The zero-order chi connectivity index (χ0) is 56.1. The van der Waals surface area contributed by atoms with Gasteiger partial charge in [-0.25, -0.2) is 4.39 Å². The number of amides is 1. The number of ether oxygens (including phenoxy) is 10. The first-order valence-electron chi connectivity index (χ1n) is 27.4. The van der Waals surface area contributed by atoms with Gasteiger partial charge in [0.15, 0.2) is 0 Å². The van der Waals surface area contributed by atoms with Crippen LogP contribution in [0.4, 0.5) is 27.1 Å². The third kappa shape index (κ3) is 21.5. The Bertz CT molecular complexity index is 2350. The van der Waals surface area contributed by atoms with Crippen LogP contribution in [0.3, 0.4) is 0 Å².